The zero-order valence-corrected chi connectivity index (χ0v) is 18.1. The fraction of sp³-hybridized carbons (Fsp3) is 0.423. The average Bonchev–Trinajstić information content (AvgIpc) is 3.14. The van der Waals surface area contributed by atoms with Crippen LogP contribution < -0.4 is 5.32 Å². The number of carbonyl (C=O) groups is 1. The van der Waals surface area contributed by atoms with Crippen molar-refractivity contribution in [2.45, 2.75) is 65.3 Å². The van der Waals surface area contributed by atoms with Gasteiger partial charge in [0, 0.05) is 37.0 Å². The maximum absolute atomic E-state index is 12.8. The van der Waals surface area contributed by atoms with Gasteiger partial charge in [0.2, 0.25) is 5.91 Å². The van der Waals surface area contributed by atoms with Crippen molar-refractivity contribution >= 4 is 16.8 Å². The van der Waals surface area contributed by atoms with Crippen LogP contribution in [0.3, 0.4) is 0 Å². The van der Waals surface area contributed by atoms with E-state index >= 15 is 0 Å². The minimum atomic E-state index is 0.0600. The summed E-state index contributed by atoms with van der Waals surface area (Å²) in [5, 5.41) is 4.41. The Morgan fingerprint density at radius 3 is 2.48 bits per heavy atom. The van der Waals surface area contributed by atoms with E-state index < -0.39 is 0 Å². The summed E-state index contributed by atoms with van der Waals surface area (Å²) in [4.78, 5) is 12.8. The van der Waals surface area contributed by atoms with Crippen molar-refractivity contribution in [1.82, 2.24) is 9.88 Å². The lowest BCUT2D eigenvalue weighted by molar-refractivity contribution is -0.121. The first-order valence-electron chi connectivity index (χ1n) is 11.1. The third kappa shape index (κ3) is 4.90. The molecule has 0 saturated carbocycles. The highest BCUT2D eigenvalue weighted by Crippen LogP contribution is 2.36. The Hall–Kier alpha value is -2.55. The molecule has 0 aliphatic rings. The van der Waals surface area contributed by atoms with Crippen LogP contribution in [0.5, 0.6) is 0 Å². The highest BCUT2D eigenvalue weighted by Gasteiger charge is 2.23. The van der Waals surface area contributed by atoms with Crippen LogP contribution in [0.25, 0.3) is 10.9 Å². The molecule has 0 aliphatic heterocycles. The Kier molecular flexibility index (Phi) is 7.51. The zero-order chi connectivity index (χ0) is 20.6. The molecule has 0 aliphatic carbocycles. The number of para-hydroxylation sites is 1. The molecule has 0 radical (unpaired) electrons. The average molecular weight is 391 g/mol. The normalized spacial score (nSPS) is 12.2. The van der Waals surface area contributed by atoms with Gasteiger partial charge in [0.05, 0.1) is 5.52 Å². The minimum Gasteiger partial charge on any atom is -0.356 e. The number of rotatable bonds is 10. The van der Waals surface area contributed by atoms with E-state index in [2.05, 4.69) is 79.3 Å². The van der Waals surface area contributed by atoms with Gasteiger partial charge in [0.25, 0.3) is 0 Å². The van der Waals surface area contributed by atoms with Crippen molar-refractivity contribution in [2.24, 2.45) is 0 Å². The quantitative estimate of drug-likeness (QED) is 0.420. The van der Waals surface area contributed by atoms with Gasteiger partial charge in [0.1, 0.15) is 0 Å². The number of amides is 1. The van der Waals surface area contributed by atoms with Crippen LogP contribution in [0.1, 0.15) is 69.1 Å². The molecular weight excluding hydrogens is 356 g/mol. The lowest BCUT2D eigenvalue weighted by atomic mass is 9.87. The first-order valence-corrected chi connectivity index (χ1v) is 11.1. The third-order valence-corrected chi connectivity index (χ3v) is 5.80. The Morgan fingerprint density at radius 2 is 1.79 bits per heavy atom. The van der Waals surface area contributed by atoms with Crippen molar-refractivity contribution in [3.8, 4) is 0 Å². The molecule has 0 fully saturated rings. The topological polar surface area (TPSA) is 34.0 Å². The molecule has 1 aromatic heterocycles. The molecule has 1 atom stereocenters. The molecule has 0 saturated heterocycles. The lowest BCUT2D eigenvalue weighted by Crippen LogP contribution is -2.26. The number of nitrogens with one attached hydrogen (secondary N) is 1. The van der Waals surface area contributed by atoms with Gasteiger partial charge in [-0.3, -0.25) is 4.79 Å². The summed E-state index contributed by atoms with van der Waals surface area (Å²) < 4.78 is 2.35. The zero-order valence-electron chi connectivity index (χ0n) is 18.1. The van der Waals surface area contributed by atoms with E-state index in [0.717, 1.165) is 32.4 Å². The number of aromatic nitrogens is 1. The molecule has 3 heteroatoms. The standard InChI is InChI=1S/C26H34N2O/c1-4-7-11-17-27-25(29)18-23(21-13-9-8-10-14-21)24-19-28(6-3)26-20(5-2)15-12-16-22(24)26/h8-10,12-16,19,23H,4-7,11,17-18H2,1-3H3,(H,27,29). The van der Waals surface area contributed by atoms with Gasteiger partial charge in [0.15, 0.2) is 0 Å². The predicted octanol–water partition coefficient (Wildman–Crippen LogP) is 6.05. The summed E-state index contributed by atoms with van der Waals surface area (Å²) in [6, 6.07) is 17.0. The second-order valence-corrected chi connectivity index (χ2v) is 7.76. The minimum absolute atomic E-state index is 0.0600. The molecule has 1 N–H and O–H groups in total. The summed E-state index contributed by atoms with van der Waals surface area (Å²) in [6.45, 7) is 8.28. The molecule has 3 rings (SSSR count). The molecule has 1 heterocycles. The number of hydrogen-bond donors (Lipinski definition) is 1. The lowest BCUT2D eigenvalue weighted by Gasteiger charge is -2.17. The number of hydrogen-bond acceptors (Lipinski definition) is 1. The third-order valence-electron chi connectivity index (χ3n) is 5.80. The van der Waals surface area contributed by atoms with Gasteiger partial charge in [-0.2, -0.15) is 0 Å². The van der Waals surface area contributed by atoms with Gasteiger partial charge in [-0.15, -0.1) is 0 Å². The summed E-state index contributed by atoms with van der Waals surface area (Å²) in [5.74, 6) is 0.198. The highest BCUT2D eigenvalue weighted by atomic mass is 16.1. The molecule has 3 aromatic rings. The molecule has 154 valence electrons. The van der Waals surface area contributed by atoms with E-state index in [0.29, 0.717) is 6.42 Å². The molecule has 0 bridgehead atoms. The van der Waals surface area contributed by atoms with E-state index in [1.165, 1.54) is 34.0 Å². The second-order valence-electron chi connectivity index (χ2n) is 7.76. The van der Waals surface area contributed by atoms with Gasteiger partial charge in [-0.05, 0) is 36.5 Å². The highest BCUT2D eigenvalue weighted by molar-refractivity contribution is 5.89. The number of unbranched alkanes of at least 4 members (excludes halogenated alkanes) is 2. The van der Waals surface area contributed by atoms with Crippen LogP contribution in [-0.4, -0.2) is 17.0 Å². The Bertz CT molecular complexity index is 927. The SMILES string of the molecule is CCCCCNC(=O)CC(c1ccccc1)c1cn(CC)c2c(CC)cccc12. The number of aryl methyl sites for hydroxylation is 2. The Balaban J connectivity index is 1.98. The van der Waals surface area contributed by atoms with E-state index in [1.54, 1.807) is 0 Å². The first-order chi connectivity index (χ1) is 14.2. The van der Waals surface area contributed by atoms with Crippen LogP contribution in [0.2, 0.25) is 0 Å². The summed E-state index contributed by atoms with van der Waals surface area (Å²) >= 11 is 0. The molecule has 0 spiro atoms. The number of carbonyl (C=O) groups excluding carboxylic acids is 1. The Labute approximate surface area is 175 Å². The molecule has 1 unspecified atom stereocenters. The largest absolute Gasteiger partial charge is 0.356 e. The van der Waals surface area contributed by atoms with Crippen LogP contribution in [0, 0.1) is 0 Å². The van der Waals surface area contributed by atoms with E-state index in [1.807, 2.05) is 6.07 Å². The van der Waals surface area contributed by atoms with Gasteiger partial charge in [-0.1, -0.05) is 75.2 Å². The van der Waals surface area contributed by atoms with Crippen molar-refractivity contribution in [1.29, 1.82) is 0 Å². The monoisotopic (exact) mass is 390 g/mol. The summed E-state index contributed by atoms with van der Waals surface area (Å²) in [6.07, 6.45) is 7.13. The van der Waals surface area contributed by atoms with Crippen molar-refractivity contribution in [3.05, 3.63) is 71.4 Å². The molecule has 2 aromatic carbocycles. The van der Waals surface area contributed by atoms with E-state index in [-0.39, 0.29) is 11.8 Å². The first kappa shape index (κ1) is 21.2. The fourth-order valence-electron chi connectivity index (χ4n) is 4.23. The molecule has 29 heavy (non-hydrogen) atoms. The summed E-state index contributed by atoms with van der Waals surface area (Å²) in [7, 11) is 0. The van der Waals surface area contributed by atoms with Crippen molar-refractivity contribution in [3.63, 3.8) is 0 Å². The summed E-state index contributed by atoms with van der Waals surface area (Å²) in [5.41, 5.74) is 5.14. The Morgan fingerprint density at radius 1 is 1.00 bits per heavy atom. The molecule has 3 nitrogen and oxygen atoms in total. The predicted molar refractivity (Wildman–Crippen MR) is 122 cm³/mol. The van der Waals surface area contributed by atoms with E-state index in [9.17, 15) is 4.79 Å². The van der Waals surface area contributed by atoms with Crippen molar-refractivity contribution in [2.75, 3.05) is 6.54 Å². The maximum atomic E-state index is 12.8. The van der Waals surface area contributed by atoms with Crippen molar-refractivity contribution < 1.29 is 4.79 Å². The van der Waals surface area contributed by atoms with Gasteiger partial charge in [-0.25, -0.2) is 0 Å². The van der Waals surface area contributed by atoms with E-state index in [4.69, 9.17) is 0 Å². The van der Waals surface area contributed by atoms with Gasteiger partial charge >= 0.3 is 0 Å². The van der Waals surface area contributed by atoms with Gasteiger partial charge < -0.3 is 9.88 Å². The smallest absolute Gasteiger partial charge is 0.220 e. The second kappa shape index (κ2) is 10.3. The maximum Gasteiger partial charge on any atom is 0.220 e. The molecule has 1 amide bonds. The fourth-order valence-corrected chi connectivity index (χ4v) is 4.23. The van der Waals surface area contributed by atoms with Crippen LogP contribution in [0.4, 0.5) is 0 Å². The number of benzene rings is 2. The number of fused-ring (bicyclic) bond motifs is 1. The van der Waals surface area contributed by atoms with Crippen LogP contribution >= 0.6 is 0 Å². The van der Waals surface area contributed by atoms with Crippen LogP contribution in [0.15, 0.2) is 54.7 Å². The number of nitrogens with zero attached hydrogens (tertiary/aromatic N) is 1. The van der Waals surface area contributed by atoms with Crippen LogP contribution in [-0.2, 0) is 17.8 Å². The molecular formula is C26H34N2O.